The maximum atomic E-state index is 12.9. The van der Waals surface area contributed by atoms with Gasteiger partial charge in [0.2, 0.25) is 5.91 Å². The summed E-state index contributed by atoms with van der Waals surface area (Å²) in [6.07, 6.45) is 2.85. The summed E-state index contributed by atoms with van der Waals surface area (Å²) in [5.74, 6) is 2.02. The van der Waals surface area contributed by atoms with Crippen molar-refractivity contribution in [3.05, 3.63) is 48.0 Å². The smallest absolute Gasteiger partial charge is 0.248 e. The van der Waals surface area contributed by atoms with Crippen LogP contribution in [0.4, 0.5) is 11.4 Å². The zero-order chi connectivity index (χ0) is 20.8. The average molecular weight is 409 g/mol. The highest BCUT2D eigenvalue weighted by atomic mass is 16.5. The Balaban J connectivity index is 1.46. The number of ether oxygens (including phenoxy) is 2. The van der Waals surface area contributed by atoms with Crippen molar-refractivity contribution in [3.63, 3.8) is 0 Å². The number of fused-ring (bicyclic) bond motifs is 2. The van der Waals surface area contributed by atoms with Gasteiger partial charge in [0.1, 0.15) is 6.54 Å². The van der Waals surface area contributed by atoms with Gasteiger partial charge in [0.05, 0.1) is 13.2 Å². The van der Waals surface area contributed by atoms with Crippen molar-refractivity contribution in [1.29, 1.82) is 0 Å². The molecule has 0 aliphatic carbocycles. The predicted octanol–water partition coefficient (Wildman–Crippen LogP) is 3.20. The second-order valence-corrected chi connectivity index (χ2v) is 7.31. The van der Waals surface area contributed by atoms with Crippen LogP contribution in [0.2, 0.25) is 0 Å². The highest BCUT2D eigenvalue weighted by Gasteiger charge is 2.21. The van der Waals surface area contributed by atoms with Gasteiger partial charge in [0.15, 0.2) is 17.5 Å². The number of amides is 1. The largest absolute Gasteiger partial charge is 0.490 e. The summed E-state index contributed by atoms with van der Waals surface area (Å²) >= 11 is 0. The van der Waals surface area contributed by atoms with Crippen LogP contribution < -0.4 is 25.0 Å². The van der Waals surface area contributed by atoms with Crippen LogP contribution in [0.25, 0.3) is 0 Å². The lowest BCUT2D eigenvalue weighted by atomic mass is 10.0. The van der Waals surface area contributed by atoms with Crippen LogP contribution in [0.3, 0.4) is 0 Å². The summed E-state index contributed by atoms with van der Waals surface area (Å²) < 4.78 is 11.4. The Hall–Kier alpha value is -3.22. The highest BCUT2D eigenvalue weighted by molar-refractivity contribution is 5.99. The first-order valence-electron chi connectivity index (χ1n) is 10.6. The van der Waals surface area contributed by atoms with E-state index in [1.165, 1.54) is 5.56 Å². The summed E-state index contributed by atoms with van der Waals surface area (Å²) in [5, 5.41) is 6.46. The molecule has 2 aromatic carbocycles. The summed E-state index contributed by atoms with van der Waals surface area (Å²) in [7, 11) is 0. The van der Waals surface area contributed by atoms with E-state index in [0.29, 0.717) is 31.5 Å². The molecule has 2 heterocycles. The Morgan fingerprint density at radius 2 is 1.93 bits per heavy atom. The lowest BCUT2D eigenvalue weighted by Gasteiger charge is -2.29. The van der Waals surface area contributed by atoms with Gasteiger partial charge in [-0.15, -0.1) is 0 Å². The van der Waals surface area contributed by atoms with Crippen LogP contribution in [0.15, 0.2) is 47.5 Å². The molecule has 7 nitrogen and oxygen atoms in total. The molecule has 0 unspecified atom stereocenters. The molecule has 2 aromatic rings. The number of carbonyl (C=O) groups is 1. The van der Waals surface area contributed by atoms with Crippen molar-refractivity contribution in [3.8, 4) is 11.5 Å². The molecule has 0 saturated carbocycles. The molecular weight excluding hydrogens is 380 g/mol. The van der Waals surface area contributed by atoms with Crippen LogP contribution in [0, 0.1) is 0 Å². The Morgan fingerprint density at radius 3 is 2.80 bits per heavy atom. The van der Waals surface area contributed by atoms with Crippen molar-refractivity contribution >= 4 is 23.2 Å². The average Bonchev–Trinajstić information content (AvgIpc) is 3.02. The van der Waals surface area contributed by atoms with E-state index >= 15 is 0 Å². The number of hydrogen-bond donors (Lipinski definition) is 2. The minimum Gasteiger partial charge on any atom is -0.490 e. The van der Waals surface area contributed by atoms with Crippen LogP contribution in [0.1, 0.15) is 25.3 Å². The molecule has 2 aliphatic heterocycles. The number of aliphatic imine (C=N–C) groups is 1. The van der Waals surface area contributed by atoms with Gasteiger partial charge in [-0.2, -0.15) is 0 Å². The van der Waals surface area contributed by atoms with Crippen LogP contribution in [-0.2, 0) is 11.2 Å². The molecule has 158 valence electrons. The third kappa shape index (κ3) is 4.67. The van der Waals surface area contributed by atoms with Crippen molar-refractivity contribution in [1.82, 2.24) is 5.32 Å². The molecule has 0 bridgehead atoms. The van der Waals surface area contributed by atoms with Crippen LogP contribution in [-0.4, -0.2) is 44.7 Å². The highest BCUT2D eigenvalue weighted by Crippen LogP contribution is 2.32. The molecule has 0 radical (unpaired) electrons. The van der Waals surface area contributed by atoms with Gasteiger partial charge in [0.25, 0.3) is 0 Å². The van der Waals surface area contributed by atoms with E-state index < -0.39 is 0 Å². The topological polar surface area (TPSA) is 75.2 Å². The number of aryl methyl sites for hydroxylation is 1. The molecule has 0 atom stereocenters. The van der Waals surface area contributed by atoms with E-state index in [2.05, 4.69) is 21.7 Å². The van der Waals surface area contributed by atoms with E-state index in [0.717, 1.165) is 42.9 Å². The Kier molecular flexibility index (Phi) is 6.37. The third-order valence-corrected chi connectivity index (χ3v) is 5.14. The number of guanidine groups is 1. The number of benzene rings is 2. The van der Waals surface area contributed by atoms with Gasteiger partial charge >= 0.3 is 0 Å². The number of hydrogen-bond acceptors (Lipinski definition) is 4. The number of nitrogens with zero attached hydrogens (tertiary/aromatic N) is 2. The number of carbonyl (C=O) groups excluding carboxylic acids is 1. The summed E-state index contributed by atoms with van der Waals surface area (Å²) in [6.45, 7) is 4.79. The zero-order valence-corrected chi connectivity index (χ0v) is 17.3. The molecule has 2 aliphatic rings. The van der Waals surface area contributed by atoms with Gasteiger partial charge < -0.3 is 25.0 Å². The lowest BCUT2D eigenvalue weighted by Crippen LogP contribution is -2.38. The van der Waals surface area contributed by atoms with E-state index in [4.69, 9.17) is 9.47 Å². The minimum absolute atomic E-state index is 0.00184. The van der Waals surface area contributed by atoms with E-state index in [-0.39, 0.29) is 12.5 Å². The molecule has 7 heteroatoms. The van der Waals surface area contributed by atoms with Crippen molar-refractivity contribution < 1.29 is 14.3 Å². The van der Waals surface area contributed by atoms with Gasteiger partial charge in [-0.3, -0.25) is 4.79 Å². The van der Waals surface area contributed by atoms with E-state index in [1.807, 2.05) is 48.2 Å². The van der Waals surface area contributed by atoms with Gasteiger partial charge in [0, 0.05) is 37.0 Å². The molecule has 2 N–H and O–H groups in total. The van der Waals surface area contributed by atoms with E-state index in [9.17, 15) is 4.79 Å². The Bertz CT molecular complexity index is 928. The molecule has 0 saturated heterocycles. The molecule has 1 amide bonds. The number of anilines is 2. The predicted molar refractivity (Wildman–Crippen MR) is 119 cm³/mol. The fourth-order valence-corrected chi connectivity index (χ4v) is 3.71. The molecule has 30 heavy (non-hydrogen) atoms. The normalized spacial score (nSPS) is 15.8. The second-order valence-electron chi connectivity index (χ2n) is 7.31. The maximum absolute atomic E-state index is 12.9. The van der Waals surface area contributed by atoms with Crippen molar-refractivity contribution in [2.45, 2.75) is 26.2 Å². The summed E-state index contributed by atoms with van der Waals surface area (Å²) in [6, 6.07) is 13.8. The number of para-hydroxylation sites is 1. The quantitative estimate of drug-likeness (QED) is 0.600. The Labute approximate surface area is 177 Å². The van der Waals surface area contributed by atoms with Gasteiger partial charge in [-0.25, -0.2) is 4.99 Å². The third-order valence-electron chi connectivity index (χ3n) is 5.14. The monoisotopic (exact) mass is 408 g/mol. The lowest BCUT2D eigenvalue weighted by molar-refractivity contribution is -0.117. The standard InChI is InChI=1S/C23H28N4O3/c1-2-24-23(26-18-10-11-20-21(15-18)30-14-6-13-29-20)25-16-22(28)27-12-5-8-17-7-3-4-9-19(17)27/h3-4,7,9-11,15H,2,5-6,8,12-14,16H2,1H3,(H2,24,25,26). The van der Waals surface area contributed by atoms with Crippen LogP contribution >= 0.6 is 0 Å². The first-order chi connectivity index (χ1) is 14.7. The molecule has 0 fully saturated rings. The number of nitrogens with one attached hydrogen (secondary N) is 2. The second kappa shape index (κ2) is 9.52. The van der Waals surface area contributed by atoms with Gasteiger partial charge in [-0.05, 0) is 43.5 Å². The van der Waals surface area contributed by atoms with Gasteiger partial charge in [-0.1, -0.05) is 18.2 Å². The molecular formula is C23H28N4O3. The minimum atomic E-state index is -0.00184. The van der Waals surface area contributed by atoms with Crippen molar-refractivity contribution in [2.24, 2.45) is 4.99 Å². The molecule has 0 spiro atoms. The first kappa shape index (κ1) is 20.1. The Morgan fingerprint density at radius 1 is 1.10 bits per heavy atom. The maximum Gasteiger partial charge on any atom is 0.248 e. The summed E-state index contributed by atoms with van der Waals surface area (Å²) in [5.41, 5.74) is 3.05. The van der Waals surface area contributed by atoms with Crippen LogP contribution in [0.5, 0.6) is 11.5 Å². The number of rotatable bonds is 4. The molecule has 0 aromatic heterocycles. The fraction of sp³-hybridized carbons (Fsp3) is 0.391. The fourth-order valence-electron chi connectivity index (χ4n) is 3.71. The SMILES string of the molecule is CCNC(=NCC(=O)N1CCCc2ccccc21)Nc1ccc2c(c1)OCCCO2. The van der Waals surface area contributed by atoms with Crippen molar-refractivity contribution in [2.75, 3.05) is 43.1 Å². The molecule has 4 rings (SSSR count). The van der Waals surface area contributed by atoms with E-state index in [1.54, 1.807) is 0 Å². The summed E-state index contributed by atoms with van der Waals surface area (Å²) in [4.78, 5) is 19.2. The first-order valence-corrected chi connectivity index (χ1v) is 10.6. The zero-order valence-electron chi connectivity index (χ0n) is 17.3.